The van der Waals surface area contributed by atoms with E-state index in [0.717, 1.165) is 35.3 Å². The van der Waals surface area contributed by atoms with Gasteiger partial charge in [-0.25, -0.2) is 9.97 Å². The highest BCUT2D eigenvalue weighted by Crippen LogP contribution is 2.30. The quantitative estimate of drug-likeness (QED) is 0.773. The monoisotopic (exact) mass is 243 g/mol. The van der Waals surface area contributed by atoms with Crippen LogP contribution in [0.5, 0.6) is 0 Å². The SMILES string of the molecule is Cc1ncc2c(C)cc(=O)n(C3CCCC3)c2n1. The summed E-state index contributed by atoms with van der Waals surface area (Å²) in [5.41, 5.74) is 1.84. The first-order chi connectivity index (χ1) is 8.66. The smallest absolute Gasteiger partial charge is 0.252 e. The maximum Gasteiger partial charge on any atom is 0.252 e. The molecule has 2 aromatic rings. The molecule has 4 heteroatoms. The molecule has 1 saturated carbocycles. The molecule has 0 amide bonds. The lowest BCUT2D eigenvalue weighted by molar-refractivity contribution is 0.515. The Morgan fingerprint density at radius 1 is 1.28 bits per heavy atom. The summed E-state index contributed by atoms with van der Waals surface area (Å²) < 4.78 is 1.88. The number of aromatic nitrogens is 3. The number of hydrogen-bond acceptors (Lipinski definition) is 3. The van der Waals surface area contributed by atoms with Crippen molar-refractivity contribution in [2.24, 2.45) is 0 Å². The molecule has 2 heterocycles. The zero-order valence-corrected chi connectivity index (χ0v) is 10.8. The van der Waals surface area contributed by atoms with Gasteiger partial charge in [0.1, 0.15) is 11.5 Å². The van der Waals surface area contributed by atoms with E-state index in [0.29, 0.717) is 6.04 Å². The number of aryl methyl sites for hydroxylation is 2. The summed E-state index contributed by atoms with van der Waals surface area (Å²) >= 11 is 0. The lowest BCUT2D eigenvalue weighted by atomic mass is 10.1. The third kappa shape index (κ3) is 1.72. The van der Waals surface area contributed by atoms with E-state index < -0.39 is 0 Å². The van der Waals surface area contributed by atoms with Gasteiger partial charge in [-0.1, -0.05) is 12.8 Å². The highest BCUT2D eigenvalue weighted by Gasteiger charge is 2.21. The minimum Gasteiger partial charge on any atom is -0.289 e. The standard InChI is InChI=1S/C14H17N3O/c1-9-7-13(18)17(11-5-3-4-6-11)14-12(9)8-15-10(2)16-14/h7-8,11H,3-6H2,1-2H3. The molecule has 0 bridgehead atoms. The van der Waals surface area contributed by atoms with Crippen LogP contribution in [0.1, 0.15) is 43.1 Å². The molecule has 4 nitrogen and oxygen atoms in total. The molecule has 0 unspecified atom stereocenters. The lowest BCUT2D eigenvalue weighted by Crippen LogP contribution is -2.24. The van der Waals surface area contributed by atoms with E-state index in [9.17, 15) is 4.79 Å². The highest BCUT2D eigenvalue weighted by molar-refractivity contribution is 5.78. The Bertz CT molecular complexity index is 654. The van der Waals surface area contributed by atoms with Crippen molar-refractivity contribution in [3.8, 4) is 0 Å². The van der Waals surface area contributed by atoms with Crippen molar-refractivity contribution in [1.29, 1.82) is 0 Å². The molecule has 1 aliphatic rings. The van der Waals surface area contributed by atoms with E-state index in [-0.39, 0.29) is 5.56 Å². The van der Waals surface area contributed by atoms with Gasteiger partial charge in [0.05, 0.1) is 0 Å². The van der Waals surface area contributed by atoms with Crippen molar-refractivity contribution in [1.82, 2.24) is 14.5 Å². The second kappa shape index (κ2) is 4.19. The Balaban J connectivity index is 2.34. The molecule has 0 saturated heterocycles. The van der Waals surface area contributed by atoms with E-state index in [1.165, 1.54) is 12.8 Å². The van der Waals surface area contributed by atoms with E-state index in [4.69, 9.17) is 0 Å². The Morgan fingerprint density at radius 3 is 2.72 bits per heavy atom. The Morgan fingerprint density at radius 2 is 2.00 bits per heavy atom. The fourth-order valence-electron chi connectivity index (χ4n) is 2.87. The van der Waals surface area contributed by atoms with Gasteiger partial charge in [-0.05, 0) is 32.3 Å². The van der Waals surface area contributed by atoms with Gasteiger partial charge in [-0.15, -0.1) is 0 Å². The molecular formula is C14H17N3O. The predicted octanol–water partition coefficient (Wildman–Crippen LogP) is 2.52. The Kier molecular flexibility index (Phi) is 2.65. The molecule has 0 aliphatic heterocycles. The minimum atomic E-state index is 0.0741. The zero-order valence-electron chi connectivity index (χ0n) is 10.8. The molecule has 0 radical (unpaired) electrons. The number of rotatable bonds is 1. The van der Waals surface area contributed by atoms with Crippen molar-refractivity contribution in [2.75, 3.05) is 0 Å². The molecular weight excluding hydrogens is 226 g/mol. The summed E-state index contributed by atoms with van der Waals surface area (Å²) in [7, 11) is 0. The van der Waals surface area contributed by atoms with Crippen LogP contribution in [0, 0.1) is 13.8 Å². The minimum absolute atomic E-state index is 0.0741. The van der Waals surface area contributed by atoms with E-state index >= 15 is 0 Å². The maximum absolute atomic E-state index is 12.3. The summed E-state index contributed by atoms with van der Waals surface area (Å²) in [5, 5.41) is 0.993. The van der Waals surface area contributed by atoms with Gasteiger partial charge < -0.3 is 0 Å². The molecule has 0 N–H and O–H groups in total. The summed E-state index contributed by atoms with van der Waals surface area (Å²) in [4.78, 5) is 21.0. The van der Waals surface area contributed by atoms with Crippen molar-refractivity contribution < 1.29 is 0 Å². The molecule has 2 aromatic heterocycles. The molecule has 0 atom stereocenters. The predicted molar refractivity (Wildman–Crippen MR) is 70.8 cm³/mol. The Hall–Kier alpha value is -1.71. The first-order valence-electron chi connectivity index (χ1n) is 6.52. The number of fused-ring (bicyclic) bond motifs is 1. The number of pyridine rings is 1. The number of nitrogens with zero attached hydrogens (tertiary/aromatic N) is 3. The molecule has 1 fully saturated rings. The zero-order chi connectivity index (χ0) is 12.7. The topological polar surface area (TPSA) is 47.8 Å². The van der Waals surface area contributed by atoms with Gasteiger partial charge in [0.2, 0.25) is 0 Å². The van der Waals surface area contributed by atoms with Gasteiger partial charge in [-0.3, -0.25) is 9.36 Å². The third-order valence-corrected chi connectivity index (χ3v) is 3.81. The van der Waals surface area contributed by atoms with Crippen LogP contribution in [-0.2, 0) is 0 Å². The molecule has 3 rings (SSSR count). The molecule has 1 aliphatic carbocycles. The first-order valence-corrected chi connectivity index (χ1v) is 6.52. The third-order valence-electron chi connectivity index (χ3n) is 3.81. The van der Waals surface area contributed by atoms with Crippen molar-refractivity contribution in [2.45, 2.75) is 45.6 Å². The van der Waals surface area contributed by atoms with Crippen LogP contribution < -0.4 is 5.56 Å². The van der Waals surface area contributed by atoms with Crippen LogP contribution in [0.15, 0.2) is 17.1 Å². The van der Waals surface area contributed by atoms with Crippen LogP contribution in [-0.4, -0.2) is 14.5 Å². The van der Waals surface area contributed by atoms with Crippen molar-refractivity contribution in [3.63, 3.8) is 0 Å². The second-order valence-electron chi connectivity index (χ2n) is 5.13. The van der Waals surface area contributed by atoms with Gasteiger partial charge in [0.25, 0.3) is 5.56 Å². The summed E-state index contributed by atoms with van der Waals surface area (Å²) in [6.45, 7) is 3.81. The van der Waals surface area contributed by atoms with Crippen LogP contribution in [0.2, 0.25) is 0 Å². The largest absolute Gasteiger partial charge is 0.289 e. The molecule has 18 heavy (non-hydrogen) atoms. The van der Waals surface area contributed by atoms with Crippen LogP contribution >= 0.6 is 0 Å². The normalized spacial score (nSPS) is 16.6. The molecule has 0 spiro atoms. The average molecular weight is 243 g/mol. The fraction of sp³-hybridized carbons (Fsp3) is 0.500. The lowest BCUT2D eigenvalue weighted by Gasteiger charge is -2.16. The van der Waals surface area contributed by atoms with Gasteiger partial charge in [-0.2, -0.15) is 0 Å². The van der Waals surface area contributed by atoms with Gasteiger partial charge in [0.15, 0.2) is 0 Å². The van der Waals surface area contributed by atoms with Crippen molar-refractivity contribution in [3.05, 3.63) is 34.0 Å². The van der Waals surface area contributed by atoms with E-state index in [1.54, 1.807) is 6.07 Å². The maximum atomic E-state index is 12.3. The number of hydrogen-bond donors (Lipinski definition) is 0. The molecule has 94 valence electrons. The summed E-state index contributed by atoms with van der Waals surface area (Å²) in [5.74, 6) is 0.722. The molecule has 0 aromatic carbocycles. The van der Waals surface area contributed by atoms with Gasteiger partial charge in [0, 0.05) is 23.7 Å². The van der Waals surface area contributed by atoms with E-state index in [1.807, 2.05) is 24.6 Å². The highest BCUT2D eigenvalue weighted by atomic mass is 16.1. The second-order valence-corrected chi connectivity index (χ2v) is 5.13. The first kappa shape index (κ1) is 11.4. The van der Waals surface area contributed by atoms with Crippen LogP contribution in [0.3, 0.4) is 0 Å². The van der Waals surface area contributed by atoms with Crippen molar-refractivity contribution >= 4 is 11.0 Å². The average Bonchev–Trinajstić information content (AvgIpc) is 2.82. The van der Waals surface area contributed by atoms with Crippen LogP contribution in [0.25, 0.3) is 11.0 Å². The fourth-order valence-corrected chi connectivity index (χ4v) is 2.87. The van der Waals surface area contributed by atoms with Gasteiger partial charge >= 0.3 is 0 Å². The summed E-state index contributed by atoms with van der Waals surface area (Å²) in [6.07, 6.45) is 6.41. The van der Waals surface area contributed by atoms with Crippen LogP contribution in [0.4, 0.5) is 0 Å². The van der Waals surface area contributed by atoms with E-state index in [2.05, 4.69) is 9.97 Å². The Labute approximate surface area is 106 Å². The summed E-state index contributed by atoms with van der Waals surface area (Å²) in [6, 6.07) is 2.02.